The van der Waals surface area contributed by atoms with Crippen LogP contribution in [0.15, 0.2) is 29.3 Å². The van der Waals surface area contributed by atoms with Gasteiger partial charge >= 0.3 is 0 Å². The topological polar surface area (TPSA) is 103 Å². The van der Waals surface area contributed by atoms with Crippen molar-refractivity contribution in [2.75, 3.05) is 18.9 Å². The Balaban J connectivity index is 0.000000219. The van der Waals surface area contributed by atoms with Gasteiger partial charge in [-0.15, -0.1) is 0 Å². The number of nitrogen functional groups attached to an aromatic ring is 1. The monoisotopic (exact) mass is 364 g/mol. The van der Waals surface area contributed by atoms with Gasteiger partial charge in [0.25, 0.3) is 5.56 Å². The number of aromatic nitrogens is 3. The summed E-state index contributed by atoms with van der Waals surface area (Å²) in [4.78, 5) is 19.6. The molecule has 2 aromatic rings. The third kappa shape index (κ3) is 4.78. The summed E-state index contributed by atoms with van der Waals surface area (Å²) in [7, 11) is 0. The molecule has 3 N–H and O–H groups in total. The van der Waals surface area contributed by atoms with Crippen LogP contribution in [0.4, 0.5) is 5.95 Å². The zero-order valence-electron chi connectivity index (χ0n) is 13.8. The highest BCUT2D eigenvalue weighted by Crippen LogP contribution is 2.34. The number of aliphatic hydroxyl groups excluding tert-OH is 1. The summed E-state index contributed by atoms with van der Waals surface area (Å²) in [6.45, 7) is 1.37. The van der Waals surface area contributed by atoms with Crippen LogP contribution in [0.25, 0.3) is 11.3 Å². The summed E-state index contributed by atoms with van der Waals surface area (Å²) in [6.07, 6.45) is 7.08. The maximum Gasteiger partial charge on any atom is 0.250 e. The lowest BCUT2D eigenvalue weighted by atomic mass is 10.2. The number of aliphatic hydroxyl groups is 1. The average molecular weight is 365 g/mol. The van der Waals surface area contributed by atoms with Crippen LogP contribution in [-0.4, -0.2) is 39.0 Å². The van der Waals surface area contributed by atoms with E-state index < -0.39 is 0 Å². The van der Waals surface area contributed by atoms with Gasteiger partial charge < -0.3 is 20.1 Å². The van der Waals surface area contributed by atoms with Gasteiger partial charge in [0.2, 0.25) is 5.95 Å². The zero-order valence-corrected chi connectivity index (χ0v) is 14.5. The minimum atomic E-state index is -0.186. The Morgan fingerprint density at radius 3 is 2.72 bits per heavy atom. The van der Waals surface area contributed by atoms with Crippen LogP contribution in [0.2, 0.25) is 5.02 Å². The fourth-order valence-corrected chi connectivity index (χ4v) is 2.79. The zero-order chi connectivity index (χ0) is 17.8. The van der Waals surface area contributed by atoms with Gasteiger partial charge in [-0.2, -0.15) is 0 Å². The van der Waals surface area contributed by atoms with Gasteiger partial charge in [0.05, 0.1) is 29.6 Å². The summed E-state index contributed by atoms with van der Waals surface area (Å²) in [6, 6.07) is 3.55. The minimum Gasteiger partial charge on any atom is -0.391 e. The number of nitrogens with zero attached hydrogens (tertiary/aromatic N) is 3. The van der Waals surface area contributed by atoms with E-state index in [-0.39, 0.29) is 17.6 Å². The SMILES string of the molecule is Nc1ncc(Cl)c(-c2ccc(=O)n(C3CC3)c2)n1.OC1CCCOC1. The average Bonchev–Trinajstić information content (AvgIpc) is 3.44. The Bertz CT molecular complexity index is 786. The lowest BCUT2D eigenvalue weighted by Gasteiger charge is -2.15. The second-order valence-corrected chi connectivity index (χ2v) is 6.60. The van der Waals surface area contributed by atoms with E-state index in [2.05, 4.69) is 9.97 Å². The lowest BCUT2D eigenvalue weighted by molar-refractivity contribution is -0.00535. The lowest BCUT2D eigenvalue weighted by Crippen LogP contribution is -2.21. The van der Waals surface area contributed by atoms with Gasteiger partial charge in [0.1, 0.15) is 0 Å². The van der Waals surface area contributed by atoms with Crippen molar-refractivity contribution in [1.29, 1.82) is 0 Å². The van der Waals surface area contributed by atoms with Crippen molar-refractivity contribution < 1.29 is 9.84 Å². The van der Waals surface area contributed by atoms with Crippen LogP contribution in [0.3, 0.4) is 0 Å². The molecule has 1 aliphatic carbocycles. The highest BCUT2D eigenvalue weighted by Gasteiger charge is 2.24. The normalized spacial score (nSPS) is 19.8. The Labute approximate surface area is 150 Å². The molecule has 25 heavy (non-hydrogen) atoms. The maximum absolute atomic E-state index is 11.7. The van der Waals surface area contributed by atoms with Crippen molar-refractivity contribution in [3.8, 4) is 11.3 Å². The first kappa shape index (κ1) is 17.8. The Morgan fingerprint density at radius 1 is 1.32 bits per heavy atom. The smallest absolute Gasteiger partial charge is 0.250 e. The van der Waals surface area contributed by atoms with E-state index in [0.29, 0.717) is 23.4 Å². The molecule has 0 radical (unpaired) electrons. The Hall–Kier alpha value is -1.96. The van der Waals surface area contributed by atoms with E-state index in [9.17, 15) is 4.79 Å². The molecule has 0 spiro atoms. The summed E-state index contributed by atoms with van der Waals surface area (Å²) in [5, 5.41) is 9.21. The molecular formula is C17H21ClN4O3. The fraction of sp³-hybridized carbons (Fsp3) is 0.471. The van der Waals surface area contributed by atoms with E-state index in [1.165, 1.54) is 12.3 Å². The van der Waals surface area contributed by atoms with Crippen molar-refractivity contribution >= 4 is 17.5 Å². The maximum atomic E-state index is 11.7. The number of anilines is 1. The molecule has 2 fully saturated rings. The van der Waals surface area contributed by atoms with Crippen molar-refractivity contribution in [2.45, 2.75) is 37.8 Å². The van der Waals surface area contributed by atoms with Gasteiger partial charge in [-0.1, -0.05) is 11.6 Å². The third-order valence-corrected chi connectivity index (χ3v) is 4.33. The molecule has 134 valence electrons. The number of ether oxygens (including phenoxy) is 1. The standard InChI is InChI=1S/C12H11ClN4O.C5H10O2/c13-9-5-15-12(14)16-11(9)7-1-4-10(18)17(6-7)8-2-3-8;6-5-2-1-3-7-4-5/h1,4-6,8H,2-3H2,(H2,14,15,16);5-6H,1-4H2. The Morgan fingerprint density at radius 2 is 2.12 bits per heavy atom. The van der Waals surface area contributed by atoms with Crippen LogP contribution in [-0.2, 0) is 4.74 Å². The van der Waals surface area contributed by atoms with Gasteiger partial charge in [-0.3, -0.25) is 4.79 Å². The van der Waals surface area contributed by atoms with E-state index in [0.717, 1.165) is 37.9 Å². The molecule has 0 amide bonds. The second kappa shape index (κ2) is 7.95. The van der Waals surface area contributed by atoms with E-state index in [4.69, 9.17) is 27.2 Å². The number of hydrogen-bond acceptors (Lipinski definition) is 6. The predicted octanol–water partition coefficient (Wildman–Crippen LogP) is 2.03. The van der Waals surface area contributed by atoms with Crippen molar-refractivity contribution in [2.24, 2.45) is 0 Å². The summed E-state index contributed by atoms with van der Waals surface area (Å²) in [5.41, 5.74) is 6.89. The highest BCUT2D eigenvalue weighted by atomic mass is 35.5. The van der Waals surface area contributed by atoms with Crippen LogP contribution < -0.4 is 11.3 Å². The molecule has 1 saturated carbocycles. The van der Waals surface area contributed by atoms with E-state index in [1.54, 1.807) is 16.8 Å². The molecule has 7 nitrogen and oxygen atoms in total. The third-order valence-electron chi connectivity index (χ3n) is 4.05. The Kier molecular flexibility index (Phi) is 5.67. The molecule has 0 bridgehead atoms. The fourth-order valence-electron chi connectivity index (χ4n) is 2.59. The molecule has 4 rings (SSSR count). The number of nitrogens with two attached hydrogens (primary N) is 1. The molecule has 1 atom stereocenters. The summed E-state index contributed by atoms with van der Waals surface area (Å²) < 4.78 is 6.66. The number of hydrogen-bond donors (Lipinski definition) is 2. The first-order valence-corrected chi connectivity index (χ1v) is 8.69. The molecular weight excluding hydrogens is 344 g/mol. The van der Waals surface area contributed by atoms with Crippen LogP contribution >= 0.6 is 11.6 Å². The highest BCUT2D eigenvalue weighted by molar-refractivity contribution is 6.32. The molecule has 3 heterocycles. The second-order valence-electron chi connectivity index (χ2n) is 6.19. The predicted molar refractivity (Wildman–Crippen MR) is 95.5 cm³/mol. The van der Waals surface area contributed by atoms with Crippen LogP contribution in [0.5, 0.6) is 0 Å². The summed E-state index contributed by atoms with van der Waals surface area (Å²) >= 11 is 6.05. The van der Waals surface area contributed by atoms with Crippen LogP contribution in [0, 0.1) is 0 Å². The van der Waals surface area contributed by atoms with Crippen molar-refractivity contribution in [1.82, 2.24) is 14.5 Å². The largest absolute Gasteiger partial charge is 0.391 e. The van der Waals surface area contributed by atoms with Gasteiger partial charge in [-0.05, 0) is 31.7 Å². The molecule has 8 heteroatoms. The number of halogens is 1. The number of pyridine rings is 1. The molecule has 0 aromatic carbocycles. The summed E-state index contributed by atoms with van der Waals surface area (Å²) in [5.74, 6) is 0.165. The molecule has 2 aromatic heterocycles. The van der Waals surface area contributed by atoms with Crippen molar-refractivity contribution in [3.05, 3.63) is 39.9 Å². The molecule has 2 aliphatic rings. The molecule has 1 saturated heterocycles. The molecule has 1 unspecified atom stereocenters. The first-order valence-electron chi connectivity index (χ1n) is 8.31. The van der Waals surface area contributed by atoms with Crippen LogP contribution in [0.1, 0.15) is 31.7 Å². The first-order chi connectivity index (χ1) is 12.0. The van der Waals surface area contributed by atoms with Gasteiger partial charge in [0, 0.05) is 30.5 Å². The van der Waals surface area contributed by atoms with Crippen molar-refractivity contribution in [3.63, 3.8) is 0 Å². The minimum absolute atomic E-state index is 0.000555. The quantitative estimate of drug-likeness (QED) is 0.845. The van der Waals surface area contributed by atoms with E-state index >= 15 is 0 Å². The number of rotatable bonds is 2. The molecule has 1 aliphatic heterocycles. The van der Waals surface area contributed by atoms with Gasteiger partial charge in [-0.25, -0.2) is 9.97 Å². The van der Waals surface area contributed by atoms with Gasteiger partial charge in [0.15, 0.2) is 0 Å². The van der Waals surface area contributed by atoms with E-state index in [1.807, 2.05) is 0 Å².